The number of nitrogens with one attached hydrogen (secondary N) is 1. The van der Waals surface area contributed by atoms with Crippen molar-refractivity contribution in [1.82, 2.24) is 4.98 Å². The van der Waals surface area contributed by atoms with Crippen LogP contribution in [0.5, 0.6) is 0 Å². The molecule has 2 bridgehead atoms. The molecular weight excluding hydrogens is 126 g/mol. The molecule has 0 saturated carbocycles. The standard InChI is InChI=1S/C8H5NO/c1-2-8-6-4-9-3-5(6)7(1)10-8/h1-4,9H. The molecule has 0 unspecified atom stereocenters. The third kappa shape index (κ3) is 0.310. The van der Waals surface area contributed by atoms with E-state index in [1.165, 1.54) is 10.8 Å². The summed E-state index contributed by atoms with van der Waals surface area (Å²) in [6, 6.07) is 3.98. The molecule has 3 aromatic heterocycles. The van der Waals surface area contributed by atoms with Gasteiger partial charge in [-0.3, -0.25) is 0 Å². The maximum atomic E-state index is 5.38. The molecule has 2 nitrogen and oxygen atoms in total. The van der Waals surface area contributed by atoms with Crippen molar-refractivity contribution in [3.63, 3.8) is 0 Å². The van der Waals surface area contributed by atoms with Crippen LogP contribution in [0.4, 0.5) is 0 Å². The molecule has 0 amide bonds. The van der Waals surface area contributed by atoms with Gasteiger partial charge in [0.15, 0.2) is 0 Å². The molecule has 0 aliphatic carbocycles. The van der Waals surface area contributed by atoms with Crippen LogP contribution in [0, 0.1) is 0 Å². The van der Waals surface area contributed by atoms with Crippen molar-refractivity contribution < 1.29 is 4.42 Å². The molecule has 0 saturated heterocycles. The van der Waals surface area contributed by atoms with Crippen LogP contribution in [0.2, 0.25) is 0 Å². The molecule has 10 heavy (non-hydrogen) atoms. The second kappa shape index (κ2) is 1.19. The van der Waals surface area contributed by atoms with Gasteiger partial charge in [0.2, 0.25) is 0 Å². The summed E-state index contributed by atoms with van der Waals surface area (Å²) in [6.07, 6.45) is 3.92. The summed E-state index contributed by atoms with van der Waals surface area (Å²) < 4.78 is 5.38. The van der Waals surface area contributed by atoms with Gasteiger partial charge in [-0.25, -0.2) is 0 Å². The average Bonchev–Trinajstić information content (AvgIpc) is 2.60. The molecule has 1 N–H and O–H groups in total. The van der Waals surface area contributed by atoms with Crippen molar-refractivity contribution in [2.24, 2.45) is 0 Å². The molecular formula is C8H5NO. The zero-order chi connectivity index (χ0) is 6.55. The molecule has 0 aliphatic rings. The molecule has 2 heteroatoms. The highest BCUT2D eigenvalue weighted by molar-refractivity contribution is 6.06. The van der Waals surface area contributed by atoms with Crippen LogP contribution in [0.15, 0.2) is 28.9 Å². The lowest BCUT2D eigenvalue weighted by Gasteiger charge is -1.74. The van der Waals surface area contributed by atoms with Crippen molar-refractivity contribution in [3.05, 3.63) is 24.5 Å². The van der Waals surface area contributed by atoms with Crippen LogP contribution in [0.25, 0.3) is 21.9 Å². The third-order valence-corrected chi connectivity index (χ3v) is 1.88. The molecule has 0 aromatic carbocycles. The van der Waals surface area contributed by atoms with Gasteiger partial charge < -0.3 is 9.40 Å². The van der Waals surface area contributed by atoms with Gasteiger partial charge in [0.25, 0.3) is 0 Å². The summed E-state index contributed by atoms with van der Waals surface area (Å²) in [5.74, 6) is 0. The first-order valence-electron chi connectivity index (χ1n) is 3.22. The largest absolute Gasteiger partial charge is 0.456 e. The molecule has 0 atom stereocenters. The summed E-state index contributed by atoms with van der Waals surface area (Å²) in [5.41, 5.74) is 1.96. The number of aromatic nitrogens is 1. The number of H-pyrrole nitrogens is 1. The predicted octanol–water partition coefficient (Wildman–Crippen LogP) is 2.35. The maximum absolute atomic E-state index is 5.38. The SMILES string of the molecule is c1cc2oc1c1c[nH]cc21. The quantitative estimate of drug-likeness (QED) is 0.498. The van der Waals surface area contributed by atoms with Gasteiger partial charge in [-0.05, 0) is 12.1 Å². The fraction of sp³-hybridized carbons (Fsp3) is 0. The van der Waals surface area contributed by atoms with Crippen LogP contribution < -0.4 is 0 Å². The summed E-state index contributed by atoms with van der Waals surface area (Å²) >= 11 is 0. The minimum absolute atomic E-state index is 0.978. The minimum Gasteiger partial charge on any atom is -0.456 e. The van der Waals surface area contributed by atoms with Crippen LogP contribution >= 0.6 is 0 Å². The molecule has 3 aromatic rings. The van der Waals surface area contributed by atoms with Gasteiger partial charge in [0.05, 0.1) is 0 Å². The number of fused-ring (bicyclic) bond motifs is 5. The number of benzene rings is 1. The van der Waals surface area contributed by atoms with Crippen LogP contribution in [-0.2, 0) is 0 Å². The molecule has 0 spiro atoms. The summed E-state index contributed by atoms with van der Waals surface area (Å²) in [5, 5.41) is 2.38. The van der Waals surface area contributed by atoms with Crippen molar-refractivity contribution in [1.29, 1.82) is 0 Å². The highest BCUT2D eigenvalue weighted by atomic mass is 16.3. The second-order valence-corrected chi connectivity index (χ2v) is 2.45. The van der Waals surface area contributed by atoms with E-state index in [0.717, 1.165) is 11.2 Å². The Morgan fingerprint density at radius 3 is 2.20 bits per heavy atom. The first-order valence-corrected chi connectivity index (χ1v) is 3.22. The van der Waals surface area contributed by atoms with Crippen LogP contribution in [0.1, 0.15) is 0 Å². The van der Waals surface area contributed by atoms with Gasteiger partial charge >= 0.3 is 0 Å². The number of hydrogen-bond acceptors (Lipinski definition) is 1. The molecule has 48 valence electrons. The Bertz CT molecular complexity index is 423. The Labute approximate surface area is 56.8 Å². The monoisotopic (exact) mass is 131 g/mol. The summed E-state index contributed by atoms with van der Waals surface area (Å²) in [6.45, 7) is 0. The van der Waals surface area contributed by atoms with E-state index in [9.17, 15) is 0 Å². The Morgan fingerprint density at radius 1 is 1.00 bits per heavy atom. The minimum atomic E-state index is 0.978. The first kappa shape index (κ1) is 4.39. The average molecular weight is 131 g/mol. The van der Waals surface area contributed by atoms with E-state index in [-0.39, 0.29) is 0 Å². The van der Waals surface area contributed by atoms with E-state index in [4.69, 9.17) is 4.42 Å². The van der Waals surface area contributed by atoms with Crippen molar-refractivity contribution in [3.8, 4) is 0 Å². The molecule has 3 heterocycles. The van der Waals surface area contributed by atoms with E-state index in [1.807, 2.05) is 24.5 Å². The Balaban J connectivity index is 2.88. The highest BCUT2D eigenvalue weighted by Crippen LogP contribution is 2.30. The zero-order valence-electron chi connectivity index (χ0n) is 5.22. The lowest BCUT2D eigenvalue weighted by molar-refractivity contribution is 0.678. The number of rotatable bonds is 0. The fourth-order valence-electron chi connectivity index (χ4n) is 1.40. The Kier molecular flexibility index (Phi) is 0.520. The Morgan fingerprint density at radius 2 is 1.60 bits per heavy atom. The van der Waals surface area contributed by atoms with Crippen molar-refractivity contribution in [2.45, 2.75) is 0 Å². The lowest BCUT2D eigenvalue weighted by atomic mass is 10.2. The summed E-state index contributed by atoms with van der Waals surface area (Å²) in [4.78, 5) is 3.04. The zero-order valence-corrected chi connectivity index (χ0v) is 5.22. The number of aromatic amines is 1. The van der Waals surface area contributed by atoms with E-state index in [2.05, 4.69) is 4.98 Å². The number of furan rings is 2. The summed E-state index contributed by atoms with van der Waals surface area (Å²) in [7, 11) is 0. The van der Waals surface area contributed by atoms with Gasteiger partial charge in [-0.15, -0.1) is 0 Å². The number of hydrogen-bond donors (Lipinski definition) is 1. The second-order valence-electron chi connectivity index (χ2n) is 2.45. The van der Waals surface area contributed by atoms with Gasteiger partial charge in [-0.2, -0.15) is 0 Å². The van der Waals surface area contributed by atoms with Crippen LogP contribution in [0.3, 0.4) is 0 Å². The van der Waals surface area contributed by atoms with E-state index < -0.39 is 0 Å². The van der Waals surface area contributed by atoms with Gasteiger partial charge in [0.1, 0.15) is 11.2 Å². The fourth-order valence-corrected chi connectivity index (χ4v) is 1.40. The van der Waals surface area contributed by atoms with E-state index in [1.54, 1.807) is 0 Å². The first-order chi connectivity index (χ1) is 4.95. The van der Waals surface area contributed by atoms with Gasteiger partial charge in [-0.1, -0.05) is 0 Å². The highest BCUT2D eigenvalue weighted by Gasteiger charge is 2.07. The normalized spacial score (nSPS) is 12.0. The van der Waals surface area contributed by atoms with Gasteiger partial charge in [0, 0.05) is 23.2 Å². The Hall–Kier alpha value is -1.44. The molecule has 0 radical (unpaired) electrons. The smallest absolute Gasteiger partial charge is 0.137 e. The van der Waals surface area contributed by atoms with E-state index >= 15 is 0 Å². The maximum Gasteiger partial charge on any atom is 0.137 e. The predicted molar refractivity (Wildman–Crippen MR) is 39.3 cm³/mol. The van der Waals surface area contributed by atoms with Crippen LogP contribution in [-0.4, -0.2) is 4.98 Å². The molecule has 0 aliphatic heterocycles. The lowest BCUT2D eigenvalue weighted by Crippen LogP contribution is -1.54. The molecule has 3 rings (SSSR count). The third-order valence-electron chi connectivity index (χ3n) is 1.88. The topological polar surface area (TPSA) is 28.9 Å². The molecule has 0 fully saturated rings. The van der Waals surface area contributed by atoms with Crippen molar-refractivity contribution in [2.75, 3.05) is 0 Å². The van der Waals surface area contributed by atoms with Crippen molar-refractivity contribution >= 4 is 21.9 Å². The van der Waals surface area contributed by atoms with E-state index in [0.29, 0.717) is 0 Å².